The number of carboxylic acid groups (broad SMARTS) is 1. The van der Waals surface area contributed by atoms with E-state index in [1.807, 2.05) is 50.4 Å². The number of carbonyl (C=O) groups excluding carboxylic acids is 3. The van der Waals surface area contributed by atoms with Crippen molar-refractivity contribution in [1.82, 2.24) is 40.4 Å². The minimum atomic E-state index is -1.21. The van der Waals surface area contributed by atoms with Crippen molar-refractivity contribution in [2.24, 2.45) is 5.92 Å². The van der Waals surface area contributed by atoms with Gasteiger partial charge in [-0.25, -0.2) is 19.6 Å². The molecule has 6 aromatic rings. The number of amides is 4. The third-order valence-electron chi connectivity index (χ3n) is 11.6. The Morgan fingerprint density at radius 2 is 1.23 bits per heavy atom. The fourth-order valence-electron chi connectivity index (χ4n) is 8.47. The lowest BCUT2D eigenvalue weighted by Crippen LogP contribution is -2.50. The summed E-state index contributed by atoms with van der Waals surface area (Å²) in [5, 5.41) is 16.6. The van der Waals surface area contributed by atoms with E-state index in [0.717, 1.165) is 70.1 Å². The zero-order valence-corrected chi connectivity index (χ0v) is 33.7. The molecule has 2 aliphatic heterocycles. The van der Waals surface area contributed by atoms with Gasteiger partial charge in [0, 0.05) is 18.7 Å². The van der Waals surface area contributed by atoms with Crippen LogP contribution in [0, 0.1) is 5.92 Å². The number of hydrogen-bond donors (Lipinski definition) is 5. The molecular formula is C46H48N8O6. The highest BCUT2D eigenvalue weighted by Gasteiger charge is 2.38. The van der Waals surface area contributed by atoms with Crippen LogP contribution in [-0.2, 0) is 14.3 Å². The number of aromatic amines is 2. The molecule has 0 spiro atoms. The molecule has 0 saturated carbocycles. The van der Waals surface area contributed by atoms with E-state index in [-0.39, 0.29) is 29.8 Å². The molecule has 308 valence electrons. The van der Waals surface area contributed by atoms with E-state index in [2.05, 4.69) is 86.2 Å². The molecule has 4 amide bonds. The number of hydrogen-bond acceptors (Lipinski definition) is 7. The van der Waals surface area contributed by atoms with E-state index in [4.69, 9.17) is 9.72 Å². The molecule has 4 atom stereocenters. The van der Waals surface area contributed by atoms with Crippen LogP contribution in [0.2, 0.25) is 0 Å². The van der Waals surface area contributed by atoms with Crippen LogP contribution >= 0.6 is 0 Å². The molecule has 8 rings (SSSR count). The van der Waals surface area contributed by atoms with Crippen LogP contribution in [0.4, 0.5) is 9.59 Å². The first-order valence-corrected chi connectivity index (χ1v) is 20.3. The summed E-state index contributed by atoms with van der Waals surface area (Å²) in [6, 6.07) is 27.9. The fourth-order valence-corrected chi connectivity index (χ4v) is 8.47. The maximum atomic E-state index is 13.9. The fraction of sp³-hybridized carbons (Fsp3) is 0.304. The standard InChI is InChI=1S/C46H48N8O6/c1-27(2)39(51-45(57)58)43(55)53-21-7-11-37(53)41-47-25-35(49-41)29-15-13-28(14-16-29)31-17-18-33-24-34(20-19-32(33)23-31)36-26-48-42(50-36)38-12-8-22-54(38)44(56)40(52-46(59)60-3)30-9-5-4-6-10-30/h4-6,9-10,13-20,23-27,37-40,51H,7-8,11-12,21-22H2,1-3H3,(H,47,49)(H,48,50)(H,52,59)(H,57,58). The van der Waals surface area contributed by atoms with Crippen LogP contribution in [0.5, 0.6) is 0 Å². The maximum absolute atomic E-state index is 13.9. The normalized spacial score (nSPS) is 17.5. The number of ether oxygens (including phenoxy) is 1. The van der Waals surface area contributed by atoms with Gasteiger partial charge in [0.05, 0.1) is 43.0 Å². The number of benzene rings is 4. The number of imidazole rings is 2. The first kappa shape index (κ1) is 39.8. The van der Waals surface area contributed by atoms with Crippen molar-refractivity contribution < 1.29 is 29.0 Å². The molecule has 2 fully saturated rings. The lowest BCUT2D eigenvalue weighted by Gasteiger charge is -2.29. The van der Waals surface area contributed by atoms with Crippen LogP contribution in [0.1, 0.15) is 74.9 Å². The number of nitrogens with zero attached hydrogens (tertiary/aromatic N) is 4. The van der Waals surface area contributed by atoms with Gasteiger partial charge in [0.15, 0.2) is 0 Å². The molecule has 4 unspecified atom stereocenters. The van der Waals surface area contributed by atoms with Gasteiger partial charge in [0.25, 0.3) is 5.91 Å². The summed E-state index contributed by atoms with van der Waals surface area (Å²) in [6.07, 6.45) is 4.84. The maximum Gasteiger partial charge on any atom is 0.407 e. The average Bonchev–Trinajstić information content (AvgIpc) is 4.11. The Bertz CT molecular complexity index is 2520. The molecule has 4 aromatic carbocycles. The van der Waals surface area contributed by atoms with Crippen LogP contribution < -0.4 is 10.6 Å². The van der Waals surface area contributed by atoms with Gasteiger partial charge >= 0.3 is 12.2 Å². The summed E-state index contributed by atoms with van der Waals surface area (Å²) >= 11 is 0. The molecular weight excluding hydrogens is 761 g/mol. The average molecular weight is 809 g/mol. The molecule has 4 heterocycles. The molecule has 0 bridgehead atoms. The van der Waals surface area contributed by atoms with Crippen molar-refractivity contribution in [1.29, 1.82) is 0 Å². The summed E-state index contributed by atoms with van der Waals surface area (Å²) in [5.41, 5.74) is 6.44. The van der Waals surface area contributed by atoms with Crippen molar-refractivity contribution in [3.8, 4) is 33.6 Å². The zero-order valence-electron chi connectivity index (χ0n) is 33.7. The Hall–Kier alpha value is -6.96. The second-order valence-electron chi connectivity index (χ2n) is 15.7. The zero-order chi connectivity index (χ0) is 41.9. The van der Waals surface area contributed by atoms with Crippen molar-refractivity contribution in [2.45, 2.75) is 63.7 Å². The molecule has 2 aliphatic rings. The topological polar surface area (TPSA) is 186 Å². The van der Waals surface area contributed by atoms with Gasteiger partial charge in [-0.05, 0) is 76.8 Å². The Labute approximate surface area is 347 Å². The van der Waals surface area contributed by atoms with Crippen LogP contribution in [0.3, 0.4) is 0 Å². The summed E-state index contributed by atoms with van der Waals surface area (Å²) in [7, 11) is 1.28. The largest absolute Gasteiger partial charge is 0.465 e. The Balaban J connectivity index is 0.947. The van der Waals surface area contributed by atoms with E-state index in [1.54, 1.807) is 16.0 Å². The third kappa shape index (κ3) is 8.17. The number of fused-ring (bicyclic) bond motifs is 1. The SMILES string of the molecule is COC(=O)NC(C(=O)N1CCCC1c1ncc(-c2ccc3cc(-c4ccc(-c5cnc(C6CCCN6C(=O)C(NC(=O)O)C(C)C)[nH]5)cc4)ccc3c2)[nH]1)c1ccccc1. The summed E-state index contributed by atoms with van der Waals surface area (Å²) in [4.78, 5) is 70.8. The molecule has 14 heteroatoms. The van der Waals surface area contributed by atoms with Gasteiger partial charge < -0.3 is 40.2 Å². The van der Waals surface area contributed by atoms with Gasteiger partial charge in [0.2, 0.25) is 5.91 Å². The van der Waals surface area contributed by atoms with E-state index in [9.17, 15) is 24.3 Å². The molecule has 2 aromatic heterocycles. The molecule has 0 radical (unpaired) electrons. The van der Waals surface area contributed by atoms with Crippen molar-refractivity contribution in [3.63, 3.8) is 0 Å². The molecule has 5 N–H and O–H groups in total. The predicted octanol–water partition coefficient (Wildman–Crippen LogP) is 8.00. The number of aromatic nitrogens is 4. The number of nitrogens with one attached hydrogen (secondary N) is 4. The highest BCUT2D eigenvalue weighted by Crippen LogP contribution is 2.36. The number of carbonyl (C=O) groups is 4. The number of likely N-dealkylation sites (tertiary alicyclic amines) is 2. The number of H-pyrrole nitrogens is 2. The number of alkyl carbamates (subject to hydrolysis) is 1. The van der Waals surface area contributed by atoms with E-state index >= 15 is 0 Å². The summed E-state index contributed by atoms with van der Waals surface area (Å²) in [6.45, 7) is 4.77. The second-order valence-corrected chi connectivity index (χ2v) is 15.7. The van der Waals surface area contributed by atoms with Gasteiger partial charge in [-0.2, -0.15) is 0 Å². The number of methoxy groups -OCH3 is 1. The van der Waals surface area contributed by atoms with Gasteiger partial charge in [-0.15, -0.1) is 0 Å². The second kappa shape index (κ2) is 17.1. The minimum absolute atomic E-state index is 0.188. The van der Waals surface area contributed by atoms with Crippen molar-refractivity contribution in [2.75, 3.05) is 20.2 Å². The van der Waals surface area contributed by atoms with Crippen molar-refractivity contribution >= 4 is 34.8 Å². The predicted molar refractivity (Wildman–Crippen MR) is 226 cm³/mol. The quantitative estimate of drug-likeness (QED) is 0.0872. The van der Waals surface area contributed by atoms with Gasteiger partial charge in [-0.1, -0.05) is 92.7 Å². The first-order chi connectivity index (χ1) is 29.1. The highest BCUT2D eigenvalue weighted by molar-refractivity contribution is 5.91. The molecule has 0 aliphatic carbocycles. The van der Waals surface area contributed by atoms with E-state index in [0.29, 0.717) is 30.3 Å². The number of rotatable bonds is 11. The first-order valence-electron chi connectivity index (χ1n) is 20.3. The lowest BCUT2D eigenvalue weighted by molar-refractivity contribution is -0.135. The van der Waals surface area contributed by atoms with Crippen LogP contribution in [0.15, 0.2) is 103 Å². The van der Waals surface area contributed by atoms with Crippen molar-refractivity contribution in [3.05, 3.63) is 121 Å². The van der Waals surface area contributed by atoms with E-state index < -0.39 is 24.3 Å². The molecule has 2 saturated heterocycles. The Morgan fingerprint density at radius 1 is 0.700 bits per heavy atom. The summed E-state index contributed by atoms with van der Waals surface area (Å²) in [5.74, 6) is 0.758. The van der Waals surface area contributed by atoms with Crippen LogP contribution in [0.25, 0.3) is 44.4 Å². The van der Waals surface area contributed by atoms with Crippen LogP contribution in [-0.4, -0.2) is 85.1 Å². The Kier molecular flexibility index (Phi) is 11.4. The van der Waals surface area contributed by atoms with E-state index in [1.165, 1.54) is 7.11 Å². The molecule has 60 heavy (non-hydrogen) atoms. The summed E-state index contributed by atoms with van der Waals surface area (Å²) < 4.78 is 4.83. The van der Waals surface area contributed by atoms with Gasteiger partial charge in [-0.3, -0.25) is 9.59 Å². The molecule has 14 nitrogen and oxygen atoms in total. The highest BCUT2D eigenvalue weighted by atomic mass is 16.5. The lowest BCUT2D eigenvalue weighted by atomic mass is 9.98. The Morgan fingerprint density at radius 3 is 1.82 bits per heavy atom. The van der Waals surface area contributed by atoms with Gasteiger partial charge in [0.1, 0.15) is 23.7 Å². The minimum Gasteiger partial charge on any atom is -0.465 e. The monoisotopic (exact) mass is 808 g/mol. The smallest absolute Gasteiger partial charge is 0.407 e. The third-order valence-corrected chi connectivity index (χ3v) is 11.6.